The van der Waals surface area contributed by atoms with Gasteiger partial charge in [0.25, 0.3) is 0 Å². The molecule has 2 aromatic carbocycles. The highest BCUT2D eigenvalue weighted by Gasteiger charge is 2.08. The molecule has 0 saturated carbocycles. The fourth-order valence-corrected chi connectivity index (χ4v) is 2.13. The van der Waals surface area contributed by atoms with Crippen LogP contribution >= 0.6 is 11.6 Å². The van der Waals surface area contributed by atoms with Crippen molar-refractivity contribution in [1.29, 1.82) is 0 Å². The average Bonchev–Trinajstić information content (AvgIpc) is 2.91. The van der Waals surface area contributed by atoms with E-state index < -0.39 is 0 Å². The van der Waals surface area contributed by atoms with E-state index in [1.165, 1.54) is 0 Å². The maximum Gasteiger partial charge on any atom is 0.231 e. The van der Waals surface area contributed by atoms with Crippen molar-refractivity contribution in [1.82, 2.24) is 10.1 Å². The summed E-state index contributed by atoms with van der Waals surface area (Å²) >= 11 is 5.85. The van der Waals surface area contributed by atoms with E-state index >= 15 is 0 Å². The zero-order valence-corrected chi connectivity index (χ0v) is 11.9. The summed E-state index contributed by atoms with van der Waals surface area (Å²) in [6.45, 7) is 0. The summed E-state index contributed by atoms with van der Waals surface area (Å²) in [5, 5.41) is 13.9. The molecule has 0 radical (unpaired) electrons. The topological polar surface area (TPSA) is 59.2 Å². The van der Waals surface area contributed by atoms with Crippen LogP contribution in [0.15, 0.2) is 53.1 Å². The van der Waals surface area contributed by atoms with E-state index in [4.69, 9.17) is 16.1 Å². The molecule has 0 aliphatic carbocycles. The van der Waals surface area contributed by atoms with Crippen LogP contribution in [0.25, 0.3) is 0 Å². The number of nitrogens with zero attached hydrogens (tertiary/aromatic N) is 2. The second-order valence-electron chi connectivity index (χ2n) is 4.75. The van der Waals surface area contributed by atoms with Gasteiger partial charge in [-0.05, 0) is 35.4 Å². The first-order valence-corrected chi connectivity index (χ1v) is 6.91. The van der Waals surface area contributed by atoms with E-state index in [-0.39, 0.29) is 5.75 Å². The van der Waals surface area contributed by atoms with Gasteiger partial charge in [0.05, 0.1) is 6.42 Å². The third-order valence-corrected chi connectivity index (χ3v) is 3.33. The van der Waals surface area contributed by atoms with Gasteiger partial charge in [0.2, 0.25) is 5.89 Å². The Kier molecular flexibility index (Phi) is 3.88. The van der Waals surface area contributed by atoms with Crippen molar-refractivity contribution in [3.8, 4) is 5.75 Å². The minimum Gasteiger partial charge on any atom is -0.508 e. The van der Waals surface area contributed by atoms with Crippen molar-refractivity contribution in [3.63, 3.8) is 0 Å². The Morgan fingerprint density at radius 1 is 0.905 bits per heavy atom. The molecule has 4 nitrogen and oxygen atoms in total. The van der Waals surface area contributed by atoms with Crippen LogP contribution in [0.3, 0.4) is 0 Å². The molecule has 0 aliphatic rings. The molecule has 0 unspecified atom stereocenters. The number of aromatic hydroxyl groups is 1. The van der Waals surface area contributed by atoms with Crippen LogP contribution in [-0.4, -0.2) is 15.2 Å². The number of benzene rings is 2. The minimum atomic E-state index is 0.243. The molecule has 5 heteroatoms. The maximum atomic E-state index is 9.25. The number of aromatic nitrogens is 2. The van der Waals surface area contributed by atoms with Gasteiger partial charge in [0.1, 0.15) is 5.75 Å². The lowest BCUT2D eigenvalue weighted by atomic mass is 10.1. The van der Waals surface area contributed by atoms with Crippen molar-refractivity contribution in [2.45, 2.75) is 12.8 Å². The molecule has 0 atom stereocenters. The zero-order valence-electron chi connectivity index (χ0n) is 11.2. The molecule has 0 fully saturated rings. The average molecular weight is 301 g/mol. The summed E-state index contributed by atoms with van der Waals surface area (Å²) in [4.78, 5) is 4.37. The predicted molar refractivity (Wildman–Crippen MR) is 79.5 cm³/mol. The van der Waals surface area contributed by atoms with Gasteiger partial charge in [-0.15, -0.1) is 0 Å². The molecule has 1 N–H and O–H groups in total. The molecular formula is C16H13ClN2O2. The largest absolute Gasteiger partial charge is 0.508 e. The number of phenolic OH excluding ortho intramolecular Hbond substituents is 1. The van der Waals surface area contributed by atoms with Crippen LogP contribution in [0.2, 0.25) is 5.02 Å². The first-order valence-electron chi connectivity index (χ1n) is 6.53. The molecule has 0 saturated heterocycles. The Labute approximate surface area is 127 Å². The number of halogens is 1. The maximum absolute atomic E-state index is 9.25. The van der Waals surface area contributed by atoms with Crippen LogP contribution < -0.4 is 0 Å². The van der Waals surface area contributed by atoms with Crippen LogP contribution in [0.4, 0.5) is 0 Å². The molecule has 106 valence electrons. The minimum absolute atomic E-state index is 0.243. The summed E-state index contributed by atoms with van der Waals surface area (Å²) in [5.74, 6) is 1.45. The van der Waals surface area contributed by atoms with Gasteiger partial charge in [0.15, 0.2) is 5.82 Å². The smallest absolute Gasteiger partial charge is 0.231 e. The second kappa shape index (κ2) is 5.97. The first kappa shape index (κ1) is 13.6. The Balaban J connectivity index is 1.68. The first-order chi connectivity index (χ1) is 10.2. The van der Waals surface area contributed by atoms with Gasteiger partial charge in [-0.1, -0.05) is 41.0 Å². The van der Waals surface area contributed by atoms with Gasteiger partial charge >= 0.3 is 0 Å². The Hall–Kier alpha value is -2.33. The van der Waals surface area contributed by atoms with E-state index in [9.17, 15) is 5.11 Å². The number of rotatable bonds is 4. The predicted octanol–water partition coefficient (Wildman–Crippen LogP) is 3.61. The Morgan fingerprint density at radius 3 is 2.24 bits per heavy atom. The monoisotopic (exact) mass is 300 g/mol. The van der Waals surface area contributed by atoms with Gasteiger partial charge < -0.3 is 9.63 Å². The van der Waals surface area contributed by atoms with Gasteiger partial charge in [-0.25, -0.2) is 0 Å². The van der Waals surface area contributed by atoms with Crippen LogP contribution in [0, 0.1) is 0 Å². The van der Waals surface area contributed by atoms with Crippen molar-refractivity contribution in [2.75, 3.05) is 0 Å². The fourth-order valence-electron chi connectivity index (χ4n) is 2.01. The lowest BCUT2D eigenvalue weighted by Gasteiger charge is -1.97. The van der Waals surface area contributed by atoms with Gasteiger partial charge in [0, 0.05) is 11.4 Å². The molecule has 21 heavy (non-hydrogen) atoms. The molecule has 1 aromatic heterocycles. The number of phenols is 1. The third kappa shape index (κ3) is 3.61. The number of hydrogen-bond donors (Lipinski definition) is 1. The Bertz CT molecular complexity index is 659. The molecule has 0 spiro atoms. The van der Waals surface area contributed by atoms with Crippen LogP contribution in [0.5, 0.6) is 5.75 Å². The van der Waals surface area contributed by atoms with E-state index in [0.717, 1.165) is 11.1 Å². The standard InChI is InChI=1S/C16H13ClN2O2/c17-13-5-1-11(2-6-13)9-15-18-16(21-19-15)10-12-3-7-14(20)8-4-12/h1-8,20H,9-10H2. The summed E-state index contributed by atoms with van der Waals surface area (Å²) in [5.41, 5.74) is 2.09. The zero-order chi connectivity index (χ0) is 14.7. The molecule has 0 bridgehead atoms. The second-order valence-corrected chi connectivity index (χ2v) is 5.19. The van der Waals surface area contributed by atoms with E-state index in [2.05, 4.69) is 10.1 Å². The lowest BCUT2D eigenvalue weighted by molar-refractivity contribution is 0.380. The third-order valence-electron chi connectivity index (χ3n) is 3.08. The van der Waals surface area contributed by atoms with Gasteiger partial charge in [-0.3, -0.25) is 0 Å². The van der Waals surface area contributed by atoms with E-state index in [0.29, 0.717) is 29.6 Å². The van der Waals surface area contributed by atoms with Crippen LogP contribution in [-0.2, 0) is 12.8 Å². The van der Waals surface area contributed by atoms with Crippen molar-refractivity contribution < 1.29 is 9.63 Å². The van der Waals surface area contributed by atoms with Crippen molar-refractivity contribution in [3.05, 3.63) is 76.4 Å². The highest BCUT2D eigenvalue weighted by atomic mass is 35.5. The summed E-state index contributed by atoms with van der Waals surface area (Å²) < 4.78 is 5.25. The SMILES string of the molecule is Oc1ccc(Cc2nc(Cc3ccc(Cl)cc3)no2)cc1. The van der Waals surface area contributed by atoms with Gasteiger partial charge in [-0.2, -0.15) is 4.98 Å². The highest BCUT2D eigenvalue weighted by Crippen LogP contribution is 2.15. The summed E-state index contributed by atoms with van der Waals surface area (Å²) in [6.07, 6.45) is 1.16. The normalized spacial score (nSPS) is 10.7. The molecule has 3 rings (SSSR count). The molecule has 3 aromatic rings. The van der Waals surface area contributed by atoms with E-state index in [1.807, 2.05) is 36.4 Å². The van der Waals surface area contributed by atoms with E-state index in [1.54, 1.807) is 12.1 Å². The lowest BCUT2D eigenvalue weighted by Crippen LogP contribution is -1.92. The summed E-state index contributed by atoms with van der Waals surface area (Å²) in [7, 11) is 0. The molecule has 1 heterocycles. The van der Waals surface area contributed by atoms with Crippen LogP contribution in [0.1, 0.15) is 22.8 Å². The van der Waals surface area contributed by atoms with Crippen molar-refractivity contribution >= 4 is 11.6 Å². The fraction of sp³-hybridized carbons (Fsp3) is 0.125. The van der Waals surface area contributed by atoms with Crippen molar-refractivity contribution in [2.24, 2.45) is 0 Å². The number of hydrogen-bond acceptors (Lipinski definition) is 4. The highest BCUT2D eigenvalue weighted by molar-refractivity contribution is 6.30. The quantitative estimate of drug-likeness (QED) is 0.799. The molecule has 0 aliphatic heterocycles. The molecular weight excluding hydrogens is 288 g/mol. The summed E-state index contributed by atoms with van der Waals surface area (Å²) in [6, 6.07) is 14.5. The molecule has 0 amide bonds. The Morgan fingerprint density at radius 2 is 1.52 bits per heavy atom.